The minimum absolute atomic E-state index is 0.277. The third-order valence-electron chi connectivity index (χ3n) is 4.66. The topological polar surface area (TPSA) is 56.1 Å². The smallest absolute Gasteiger partial charge is 0.357 e. The maximum Gasteiger partial charge on any atom is 0.357 e. The normalized spacial score (nSPS) is 13.7. The summed E-state index contributed by atoms with van der Waals surface area (Å²) in [5.41, 5.74) is 2.17. The number of esters is 1. The van der Waals surface area contributed by atoms with E-state index in [0.717, 1.165) is 33.9 Å². The van der Waals surface area contributed by atoms with Crippen molar-refractivity contribution in [3.8, 4) is 0 Å². The van der Waals surface area contributed by atoms with E-state index in [9.17, 15) is 9.18 Å². The molecule has 5 nitrogen and oxygen atoms in total. The lowest BCUT2D eigenvalue weighted by molar-refractivity contribution is 0.0515. The molecule has 7 heteroatoms. The molecule has 0 aliphatic heterocycles. The second-order valence-corrected chi connectivity index (χ2v) is 7.89. The molecule has 27 heavy (non-hydrogen) atoms. The zero-order chi connectivity index (χ0) is 19.0. The molecule has 1 aliphatic rings. The Labute approximate surface area is 170 Å². The Morgan fingerprint density at radius 3 is 2.93 bits per heavy atom. The first kappa shape index (κ1) is 18.2. The highest BCUT2D eigenvalue weighted by Gasteiger charge is 2.29. The lowest BCUT2D eigenvalue weighted by Crippen LogP contribution is -2.15. The molecule has 1 aromatic carbocycles. The van der Waals surface area contributed by atoms with E-state index >= 15 is 0 Å². The Hall–Kier alpha value is -2.16. The number of nitrogens with zero attached hydrogens (tertiary/aromatic N) is 2. The van der Waals surface area contributed by atoms with Crippen molar-refractivity contribution in [3.63, 3.8) is 0 Å². The largest absolute Gasteiger partial charge is 0.461 e. The first-order valence-corrected chi connectivity index (χ1v) is 10.0. The van der Waals surface area contributed by atoms with Crippen molar-refractivity contribution in [1.82, 2.24) is 9.55 Å². The zero-order valence-electron chi connectivity index (χ0n) is 14.8. The van der Waals surface area contributed by atoms with Gasteiger partial charge in [-0.2, -0.15) is 0 Å². The van der Waals surface area contributed by atoms with E-state index in [-0.39, 0.29) is 12.4 Å². The highest BCUT2D eigenvalue weighted by molar-refractivity contribution is 14.1. The fraction of sp³-hybridized carbons (Fsp3) is 0.300. The van der Waals surface area contributed by atoms with Gasteiger partial charge in [0.2, 0.25) is 0 Å². The van der Waals surface area contributed by atoms with Gasteiger partial charge in [-0.15, -0.1) is 0 Å². The number of pyridine rings is 1. The lowest BCUT2D eigenvalue weighted by Gasteiger charge is -2.12. The summed E-state index contributed by atoms with van der Waals surface area (Å²) in [6, 6.07) is 6.83. The number of benzene rings is 1. The molecule has 1 N–H and O–H groups in total. The lowest BCUT2D eigenvalue weighted by atomic mass is 10.2. The van der Waals surface area contributed by atoms with Gasteiger partial charge in [0.1, 0.15) is 5.82 Å². The molecular formula is C20H19FIN3O2. The van der Waals surface area contributed by atoms with Crippen LogP contribution in [0.3, 0.4) is 0 Å². The van der Waals surface area contributed by atoms with Crippen LogP contribution in [0.2, 0.25) is 0 Å². The molecule has 1 fully saturated rings. The molecule has 4 rings (SSSR count). The van der Waals surface area contributed by atoms with Gasteiger partial charge in [0, 0.05) is 27.9 Å². The van der Waals surface area contributed by atoms with Gasteiger partial charge in [0.15, 0.2) is 5.69 Å². The average Bonchev–Trinajstić information content (AvgIpc) is 3.41. The van der Waals surface area contributed by atoms with Crippen LogP contribution in [0.15, 0.2) is 36.7 Å². The fourth-order valence-corrected chi connectivity index (χ4v) is 3.66. The van der Waals surface area contributed by atoms with Crippen LogP contribution in [0, 0.1) is 15.3 Å². The van der Waals surface area contributed by atoms with E-state index < -0.39 is 5.97 Å². The summed E-state index contributed by atoms with van der Waals surface area (Å²) in [7, 11) is 0. The van der Waals surface area contributed by atoms with Crippen LogP contribution >= 0.6 is 22.6 Å². The number of nitrogens with one attached hydrogen (secondary N) is 1. The van der Waals surface area contributed by atoms with Gasteiger partial charge in [-0.05, 0) is 72.5 Å². The van der Waals surface area contributed by atoms with Gasteiger partial charge in [-0.3, -0.25) is 4.98 Å². The third kappa shape index (κ3) is 3.65. The van der Waals surface area contributed by atoms with E-state index in [1.165, 1.54) is 6.07 Å². The van der Waals surface area contributed by atoms with Crippen molar-refractivity contribution in [2.45, 2.75) is 26.3 Å². The molecule has 0 spiro atoms. The SMILES string of the molecule is CCOC(=O)c1c(Nc2ccc(I)cc2F)c2cnccc2n1CC1CC1. The highest BCUT2D eigenvalue weighted by atomic mass is 127. The van der Waals surface area contributed by atoms with E-state index in [0.29, 0.717) is 23.0 Å². The minimum atomic E-state index is -0.414. The Bertz CT molecular complexity index is 1010. The van der Waals surface area contributed by atoms with Gasteiger partial charge in [0.25, 0.3) is 0 Å². The van der Waals surface area contributed by atoms with Crippen molar-refractivity contribution >= 4 is 50.8 Å². The first-order valence-electron chi connectivity index (χ1n) is 8.94. The monoisotopic (exact) mass is 479 g/mol. The standard InChI is InChI=1S/C20H19FIN3O2/c1-2-27-20(26)19-18(24-16-6-5-13(22)9-15(16)21)14-10-23-8-7-17(14)25(19)11-12-3-4-12/h5-10,12,24H,2-4,11H2,1H3. The van der Waals surface area contributed by atoms with Crippen LogP contribution in [0.5, 0.6) is 0 Å². The van der Waals surface area contributed by atoms with E-state index in [1.54, 1.807) is 25.4 Å². The summed E-state index contributed by atoms with van der Waals surface area (Å²) in [5.74, 6) is -0.226. The molecule has 1 aliphatic carbocycles. The Morgan fingerprint density at radius 2 is 2.22 bits per heavy atom. The number of hydrogen-bond donors (Lipinski definition) is 1. The molecule has 2 aromatic heterocycles. The zero-order valence-corrected chi connectivity index (χ0v) is 17.0. The predicted octanol–water partition coefficient (Wildman–Crippen LogP) is 5.11. The van der Waals surface area contributed by atoms with E-state index in [2.05, 4.69) is 32.9 Å². The molecular weight excluding hydrogens is 460 g/mol. The van der Waals surface area contributed by atoms with Crippen molar-refractivity contribution in [2.75, 3.05) is 11.9 Å². The number of carbonyl (C=O) groups excluding carboxylic acids is 1. The quantitative estimate of drug-likeness (QED) is 0.395. The van der Waals surface area contributed by atoms with Crippen molar-refractivity contribution in [1.29, 1.82) is 0 Å². The molecule has 0 unspecified atom stereocenters. The maximum absolute atomic E-state index is 14.4. The summed E-state index contributed by atoms with van der Waals surface area (Å²) < 4.78 is 22.5. The first-order chi connectivity index (χ1) is 13.1. The maximum atomic E-state index is 14.4. The number of rotatable bonds is 6. The number of halogens is 2. The summed E-state index contributed by atoms with van der Waals surface area (Å²) in [6.07, 6.45) is 5.72. The van der Waals surface area contributed by atoms with E-state index in [1.807, 2.05) is 16.7 Å². The minimum Gasteiger partial charge on any atom is -0.461 e. The predicted molar refractivity (Wildman–Crippen MR) is 111 cm³/mol. The van der Waals surface area contributed by atoms with Gasteiger partial charge in [-0.1, -0.05) is 0 Å². The van der Waals surface area contributed by atoms with Gasteiger partial charge < -0.3 is 14.6 Å². The average molecular weight is 479 g/mol. The van der Waals surface area contributed by atoms with Crippen LogP contribution < -0.4 is 5.32 Å². The molecule has 0 atom stereocenters. The molecule has 2 heterocycles. The van der Waals surface area contributed by atoms with E-state index in [4.69, 9.17) is 4.74 Å². The second kappa shape index (κ2) is 7.46. The van der Waals surface area contributed by atoms with Crippen LogP contribution in [0.1, 0.15) is 30.3 Å². The van der Waals surface area contributed by atoms with Crippen molar-refractivity contribution in [3.05, 3.63) is 51.7 Å². The molecule has 140 valence electrons. The molecule has 1 saturated carbocycles. The summed E-state index contributed by atoms with van der Waals surface area (Å²) >= 11 is 2.06. The molecule has 0 amide bonds. The van der Waals surface area contributed by atoms with Crippen LogP contribution in [0.25, 0.3) is 10.9 Å². The summed E-state index contributed by atoms with van der Waals surface area (Å²) in [6.45, 7) is 2.80. The summed E-state index contributed by atoms with van der Waals surface area (Å²) in [5, 5.41) is 3.90. The molecule has 3 aromatic rings. The van der Waals surface area contributed by atoms with Crippen LogP contribution in [-0.2, 0) is 11.3 Å². The van der Waals surface area contributed by atoms with Crippen LogP contribution in [0.4, 0.5) is 15.8 Å². The number of carbonyl (C=O) groups is 1. The number of hydrogen-bond acceptors (Lipinski definition) is 4. The van der Waals surface area contributed by atoms with Gasteiger partial charge in [0.05, 0.1) is 23.5 Å². The second-order valence-electron chi connectivity index (χ2n) is 6.64. The summed E-state index contributed by atoms with van der Waals surface area (Å²) in [4.78, 5) is 17.0. The number of aromatic nitrogens is 2. The van der Waals surface area contributed by atoms with Crippen molar-refractivity contribution in [2.24, 2.45) is 5.92 Å². The molecule has 0 radical (unpaired) electrons. The Balaban J connectivity index is 1.88. The Kier molecular flexibility index (Phi) is 5.03. The number of anilines is 2. The fourth-order valence-electron chi connectivity index (χ4n) is 3.21. The Morgan fingerprint density at radius 1 is 1.41 bits per heavy atom. The molecule has 0 bridgehead atoms. The van der Waals surface area contributed by atoms with Crippen LogP contribution in [-0.4, -0.2) is 22.1 Å². The van der Waals surface area contributed by atoms with Crippen molar-refractivity contribution < 1.29 is 13.9 Å². The van der Waals surface area contributed by atoms with Gasteiger partial charge >= 0.3 is 5.97 Å². The third-order valence-corrected chi connectivity index (χ3v) is 5.33. The number of fused-ring (bicyclic) bond motifs is 1. The number of ether oxygens (including phenoxy) is 1. The molecule has 0 saturated heterocycles. The van der Waals surface area contributed by atoms with Gasteiger partial charge in [-0.25, -0.2) is 9.18 Å². The highest BCUT2D eigenvalue weighted by Crippen LogP contribution is 2.38.